The predicted octanol–water partition coefficient (Wildman–Crippen LogP) is 5.05. The Labute approximate surface area is 207 Å². The monoisotopic (exact) mass is 500 g/mol. The molecule has 2 aromatic heterocycles. The zero-order valence-corrected chi connectivity index (χ0v) is 21.3. The van der Waals surface area contributed by atoms with Gasteiger partial charge in [-0.15, -0.1) is 28.1 Å². The number of rotatable bonds is 11. The highest BCUT2D eigenvalue weighted by Gasteiger charge is 2.24. The Kier molecular flexibility index (Phi) is 8.89. The third-order valence-electron chi connectivity index (χ3n) is 5.01. The summed E-state index contributed by atoms with van der Waals surface area (Å²) in [6, 6.07) is 9.49. The van der Waals surface area contributed by atoms with E-state index in [1.807, 2.05) is 55.7 Å². The standard InChI is InChI=1S/C24H28N4O4S2/c1-6-13-28-21(15(3)32-17-11-9-8-10-12-17)26-27-24(28)33-14-19(29)25-22-20(23(30)31-5)18(7-2)16(4)34-22/h6,8-12,15H,1,7,13-14H2,2-5H3,(H,25,29). The van der Waals surface area contributed by atoms with Crippen LogP contribution < -0.4 is 10.1 Å². The quantitative estimate of drug-likeness (QED) is 0.223. The smallest absolute Gasteiger partial charge is 0.341 e. The normalized spacial score (nSPS) is 11.6. The van der Waals surface area contributed by atoms with Gasteiger partial charge in [0.05, 0.1) is 18.4 Å². The number of carbonyl (C=O) groups excluding carboxylic acids is 2. The molecule has 0 aliphatic rings. The highest BCUT2D eigenvalue weighted by Crippen LogP contribution is 2.34. The van der Waals surface area contributed by atoms with Crippen LogP contribution in [0.25, 0.3) is 0 Å². The third kappa shape index (κ3) is 5.87. The van der Waals surface area contributed by atoms with Crippen molar-refractivity contribution in [1.82, 2.24) is 14.8 Å². The lowest BCUT2D eigenvalue weighted by atomic mass is 10.1. The van der Waals surface area contributed by atoms with Crippen LogP contribution in [0.4, 0.5) is 5.00 Å². The second kappa shape index (κ2) is 11.8. The molecule has 2 heterocycles. The van der Waals surface area contributed by atoms with E-state index < -0.39 is 5.97 Å². The van der Waals surface area contributed by atoms with Crippen molar-refractivity contribution < 1.29 is 19.1 Å². The highest BCUT2D eigenvalue weighted by molar-refractivity contribution is 7.99. The summed E-state index contributed by atoms with van der Waals surface area (Å²) in [5.41, 5.74) is 1.32. The summed E-state index contributed by atoms with van der Waals surface area (Å²) in [6.45, 7) is 10.1. The molecule has 0 radical (unpaired) electrons. The van der Waals surface area contributed by atoms with Gasteiger partial charge >= 0.3 is 5.97 Å². The number of hydrogen-bond acceptors (Lipinski definition) is 8. The van der Waals surface area contributed by atoms with Crippen LogP contribution >= 0.6 is 23.1 Å². The van der Waals surface area contributed by atoms with E-state index in [9.17, 15) is 9.59 Å². The number of hydrogen-bond donors (Lipinski definition) is 1. The number of nitrogens with one attached hydrogen (secondary N) is 1. The van der Waals surface area contributed by atoms with Crippen LogP contribution in [0.2, 0.25) is 0 Å². The first-order valence-electron chi connectivity index (χ1n) is 10.8. The Bertz CT molecular complexity index is 1160. The number of amides is 1. The summed E-state index contributed by atoms with van der Waals surface area (Å²) in [7, 11) is 1.34. The number of allylic oxidation sites excluding steroid dienone is 1. The van der Waals surface area contributed by atoms with Gasteiger partial charge in [-0.25, -0.2) is 4.79 Å². The van der Waals surface area contributed by atoms with Crippen molar-refractivity contribution in [1.29, 1.82) is 0 Å². The van der Waals surface area contributed by atoms with E-state index in [4.69, 9.17) is 9.47 Å². The molecule has 1 unspecified atom stereocenters. The summed E-state index contributed by atoms with van der Waals surface area (Å²) in [5.74, 6) is 0.772. The van der Waals surface area contributed by atoms with Crippen LogP contribution in [-0.2, 0) is 22.5 Å². The second-order valence-electron chi connectivity index (χ2n) is 7.34. The van der Waals surface area contributed by atoms with Gasteiger partial charge in [-0.05, 0) is 38.0 Å². The number of para-hydroxylation sites is 1. The zero-order valence-electron chi connectivity index (χ0n) is 19.7. The topological polar surface area (TPSA) is 95.3 Å². The van der Waals surface area contributed by atoms with Crippen molar-refractivity contribution in [3.8, 4) is 5.75 Å². The summed E-state index contributed by atoms with van der Waals surface area (Å²) in [4.78, 5) is 26.0. The molecule has 1 N–H and O–H groups in total. The largest absolute Gasteiger partial charge is 0.483 e. The summed E-state index contributed by atoms with van der Waals surface area (Å²) < 4.78 is 12.8. The first kappa shape index (κ1) is 25.5. The van der Waals surface area contributed by atoms with E-state index in [-0.39, 0.29) is 17.8 Å². The van der Waals surface area contributed by atoms with E-state index in [0.29, 0.717) is 34.5 Å². The molecule has 34 heavy (non-hydrogen) atoms. The molecule has 0 bridgehead atoms. The van der Waals surface area contributed by atoms with Crippen LogP contribution in [-0.4, -0.2) is 39.5 Å². The number of nitrogens with zero attached hydrogens (tertiary/aromatic N) is 3. The number of ether oxygens (including phenoxy) is 2. The van der Waals surface area contributed by atoms with Crippen molar-refractivity contribution in [3.63, 3.8) is 0 Å². The van der Waals surface area contributed by atoms with Crippen LogP contribution in [0.5, 0.6) is 5.75 Å². The van der Waals surface area contributed by atoms with Crippen molar-refractivity contribution in [2.75, 3.05) is 18.2 Å². The maximum atomic E-state index is 12.7. The number of esters is 1. The van der Waals surface area contributed by atoms with E-state index in [1.54, 1.807) is 6.08 Å². The lowest BCUT2D eigenvalue weighted by Crippen LogP contribution is -2.17. The molecule has 1 aromatic carbocycles. The molecule has 0 aliphatic carbocycles. The van der Waals surface area contributed by atoms with Gasteiger partial charge in [0.25, 0.3) is 0 Å². The van der Waals surface area contributed by atoms with Gasteiger partial charge < -0.3 is 14.8 Å². The van der Waals surface area contributed by atoms with Gasteiger partial charge in [-0.3, -0.25) is 9.36 Å². The van der Waals surface area contributed by atoms with Gasteiger partial charge in [0, 0.05) is 11.4 Å². The van der Waals surface area contributed by atoms with E-state index >= 15 is 0 Å². The molecule has 0 fully saturated rings. The Hall–Kier alpha value is -3.11. The fourth-order valence-electron chi connectivity index (χ4n) is 3.47. The molecule has 1 atom stereocenters. The van der Waals surface area contributed by atoms with E-state index in [0.717, 1.165) is 16.2 Å². The molecule has 3 rings (SSSR count). The van der Waals surface area contributed by atoms with Crippen molar-refractivity contribution in [2.45, 2.75) is 45.0 Å². The summed E-state index contributed by atoms with van der Waals surface area (Å²) >= 11 is 2.63. The van der Waals surface area contributed by atoms with E-state index in [2.05, 4.69) is 22.1 Å². The van der Waals surface area contributed by atoms with Crippen molar-refractivity contribution in [2.24, 2.45) is 0 Å². The van der Waals surface area contributed by atoms with Crippen LogP contribution in [0.3, 0.4) is 0 Å². The van der Waals surface area contributed by atoms with Gasteiger partial charge in [0.1, 0.15) is 10.8 Å². The highest BCUT2D eigenvalue weighted by atomic mass is 32.2. The summed E-state index contributed by atoms with van der Waals surface area (Å²) in [5, 5.41) is 12.5. The van der Waals surface area contributed by atoms with Gasteiger partial charge in [0.15, 0.2) is 17.1 Å². The molecular weight excluding hydrogens is 472 g/mol. The molecule has 10 heteroatoms. The number of methoxy groups -OCH3 is 1. The Balaban J connectivity index is 1.71. The van der Waals surface area contributed by atoms with Gasteiger partial charge in [-0.1, -0.05) is 43.0 Å². The number of benzene rings is 1. The zero-order chi connectivity index (χ0) is 24.7. The van der Waals surface area contributed by atoms with Crippen molar-refractivity contribution in [3.05, 3.63) is 64.8 Å². The maximum Gasteiger partial charge on any atom is 0.341 e. The average Bonchev–Trinajstić information content (AvgIpc) is 3.37. The van der Waals surface area contributed by atoms with Crippen LogP contribution in [0, 0.1) is 6.92 Å². The fourth-order valence-corrected chi connectivity index (χ4v) is 5.37. The van der Waals surface area contributed by atoms with Gasteiger partial charge in [-0.2, -0.15) is 0 Å². The number of thiophene rings is 1. The minimum Gasteiger partial charge on any atom is -0.483 e. The number of aromatic nitrogens is 3. The molecule has 8 nitrogen and oxygen atoms in total. The molecule has 0 saturated heterocycles. The SMILES string of the molecule is C=CCn1c(SCC(=O)Nc2sc(C)c(CC)c2C(=O)OC)nnc1C(C)Oc1ccccc1. The molecule has 1 amide bonds. The van der Waals surface area contributed by atoms with Gasteiger partial charge in [0.2, 0.25) is 5.91 Å². The molecule has 0 aliphatic heterocycles. The minimum atomic E-state index is -0.452. The number of carbonyl (C=O) groups is 2. The lowest BCUT2D eigenvalue weighted by Gasteiger charge is -2.15. The third-order valence-corrected chi connectivity index (χ3v) is 7.04. The predicted molar refractivity (Wildman–Crippen MR) is 135 cm³/mol. The number of thioether (sulfide) groups is 1. The average molecular weight is 501 g/mol. The Morgan fingerprint density at radius 3 is 2.68 bits per heavy atom. The molecule has 3 aromatic rings. The molecule has 180 valence electrons. The first-order valence-corrected chi connectivity index (χ1v) is 12.6. The molecule has 0 spiro atoms. The first-order chi connectivity index (χ1) is 16.4. The van der Waals surface area contributed by atoms with Crippen LogP contribution in [0.15, 0.2) is 48.1 Å². The van der Waals surface area contributed by atoms with E-state index in [1.165, 1.54) is 30.2 Å². The van der Waals surface area contributed by atoms with Crippen LogP contribution in [0.1, 0.15) is 46.6 Å². The fraction of sp³-hybridized carbons (Fsp3) is 0.333. The second-order valence-corrected chi connectivity index (χ2v) is 9.50. The number of anilines is 1. The molecule has 0 saturated carbocycles. The summed E-state index contributed by atoms with van der Waals surface area (Å²) in [6.07, 6.45) is 2.08. The molecular formula is C24H28N4O4S2. The minimum absolute atomic E-state index is 0.0994. The Morgan fingerprint density at radius 1 is 1.29 bits per heavy atom. The number of aryl methyl sites for hydroxylation is 1. The lowest BCUT2D eigenvalue weighted by molar-refractivity contribution is -0.113. The van der Waals surface area contributed by atoms with Crippen molar-refractivity contribution >= 4 is 40.0 Å². The maximum absolute atomic E-state index is 12.7. The Morgan fingerprint density at radius 2 is 2.03 bits per heavy atom.